The highest BCUT2D eigenvalue weighted by Gasteiger charge is 2.40. The van der Waals surface area contributed by atoms with Crippen molar-refractivity contribution in [3.63, 3.8) is 0 Å². The van der Waals surface area contributed by atoms with Crippen molar-refractivity contribution in [2.24, 2.45) is 17.8 Å². The normalized spacial score (nSPS) is 39.9. The van der Waals surface area contributed by atoms with E-state index in [2.05, 4.69) is 10.6 Å². The number of carbonyl (C=O) groups is 1. The van der Waals surface area contributed by atoms with Crippen molar-refractivity contribution in [1.82, 2.24) is 10.6 Å². The summed E-state index contributed by atoms with van der Waals surface area (Å²) in [6.07, 6.45) is 5.94. The predicted octanol–water partition coefficient (Wildman–Crippen LogP) is 0.901. The van der Waals surface area contributed by atoms with Crippen molar-refractivity contribution in [2.45, 2.75) is 38.1 Å². The zero-order valence-corrected chi connectivity index (χ0v) is 9.17. The minimum atomic E-state index is 0.322. The molecule has 3 rings (SSSR count). The third-order valence-electron chi connectivity index (χ3n) is 4.48. The van der Waals surface area contributed by atoms with E-state index in [1.54, 1.807) is 0 Å². The van der Waals surface area contributed by atoms with Gasteiger partial charge >= 0.3 is 0 Å². The summed E-state index contributed by atoms with van der Waals surface area (Å²) in [4.78, 5) is 11.9. The fraction of sp³-hybridized carbons (Fsp3) is 0.917. The first-order chi connectivity index (χ1) is 7.33. The lowest BCUT2D eigenvalue weighted by molar-refractivity contribution is -0.126. The van der Waals surface area contributed by atoms with Crippen LogP contribution < -0.4 is 10.6 Å². The summed E-state index contributed by atoms with van der Waals surface area (Å²) in [5.41, 5.74) is 0. The second kappa shape index (κ2) is 3.78. The summed E-state index contributed by atoms with van der Waals surface area (Å²) in [7, 11) is 0. The second-order valence-electron chi connectivity index (χ2n) is 5.48. The quantitative estimate of drug-likeness (QED) is 0.708. The van der Waals surface area contributed by atoms with E-state index in [1.165, 1.54) is 19.3 Å². The number of hydrogen-bond donors (Lipinski definition) is 2. The third kappa shape index (κ3) is 1.78. The molecule has 3 atom stereocenters. The summed E-state index contributed by atoms with van der Waals surface area (Å²) >= 11 is 0. The SMILES string of the molecule is O=C(NC1CCC1)C1C[C@H]2CNC[C@H]2C1. The van der Waals surface area contributed by atoms with Gasteiger partial charge in [-0.05, 0) is 57.0 Å². The van der Waals surface area contributed by atoms with Gasteiger partial charge in [-0.25, -0.2) is 0 Å². The highest BCUT2D eigenvalue weighted by atomic mass is 16.1. The average molecular weight is 208 g/mol. The monoisotopic (exact) mass is 208 g/mol. The molecular weight excluding hydrogens is 188 g/mol. The molecule has 0 aromatic carbocycles. The Morgan fingerprint density at radius 3 is 2.33 bits per heavy atom. The van der Waals surface area contributed by atoms with E-state index in [4.69, 9.17) is 0 Å². The number of nitrogens with one attached hydrogen (secondary N) is 2. The molecule has 3 aliphatic rings. The van der Waals surface area contributed by atoms with Gasteiger partial charge in [0.2, 0.25) is 5.91 Å². The summed E-state index contributed by atoms with van der Waals surface area (Å²) < 4.78 is 0. The van der Waals surface area contributed by atoms with E-state index in [-0.39, 0.29) is 0 Å². The Bertz CT molecular complexity index is 250. The molecule has 84 valence electrons. The standard InChI is InChI=1S/C12H20N2O/c15-12(14-11-2-1-3-11)8-4-9-6-13-7-10(9)5-8/h8-11,13H,1-7H2,(H,14,15)/t8?,9-,10+. The second-order valence-corrected chi connectivity index (χ2v) is 5.48. The highest BCUT2D eigenvalue weighted by molar-refractivity contribution is 5.79. The molecule has 1 heterocycles. The van der Waals surface area contributed by atoms with Crippen LogP contribution in [0.15, 0.2) is 0 Å². The molecule has 1 aliphatic heterocycles. The number of amides is 1. The Hall–Kier alpha value is -0.570. The molecule has 2 N–H and O–H groups in total. The molecule has 15 heavy (non-hydrogen) atoms. The van der Waals surface area contributed by atoms with Crippen molar-refractivity contribution in [3.05, 3.63) is 0 Å². The van der Waals surface area contributed by atoms with Crippen LogP contribution in [0, 0.1) is 17.8 Å². The molecule has 3 fully saturated rings. The lowest BCUT2D eigenvalue weighted by atomic mass is 9.92. The van der Waals surface area contributed by atoms with Gasteiger partial charge < -0.3 is 10.6 Å². The van der Waals surface area contributed by atoms with Crippen LogP contribution in [0.3, 0.4) is 0 Å². The van der Waals surface area contributed by atoms with Gasteiger partial charge in [0.05, 0.1) is 0 Å². The van der Waals surface area contributed by atoms with Crippen LogP contribution in [0.25, 0.3) is 0 Å². The van der Waals surface area contributed by atoms with Gasteiger partial charge in [0.1, 0.15) is 0 Å². The van der Waals surface area contributed by atoms with Crippen molar-refractivity contribution in [1.29, 1.82) is 0 Å². The molecular formula is C12H20N2O. The Morgan fingerprint density at radius 2 is 1.80 bits per heavy atom. The van der Waals surface area contributed by atoms with Crippen LogP contribution in [0.5, 0.6) is 0 Å². The van der Waals surface area contributed by atoms with Crippen molar-refractivity contribution < 1.29 is 4.79 Å². The van der Waals surface area contributed by atoms with Crippen molar-refractivity contribution in [3.8, 4) is 0 Å². The number of fused-ring (bicyclic) bond motifs is 1. The number of hydrogen-bond acceptors (Lipinski definition) is 2. The molecule has 0 radical (unpaired) electrons. The molecule has 0 aromatic heterocycles. The molecule has 0 bridgehead atoms. The van der Waals surface area contributed by atoms with Gasteiger partial charge in [-0.3, -0.25) is 4.79 Å². The Morgan fingerprint density at radius 1 is 1.13 bits per heavy atom. The molecule has 2 saturated carbocycles. The maximum absolute atomic E-state index is 11.9. The van der Waals surface area contributed by atoms with Crippen LogP contribution in [-0.2, 0) is 4.79 Å². The Labute approximate surface area is 91.0 Å². The molecule has 1 saturated heterocycles. The minimum absolute atomic E-state index is 0.322. The average Bonchev–Trinajstić information content (AvgIpc) is 2.69. The fourth-order valence-corrected chi connectivity index (χ4v) is 3.25. The molecule has 1 amide bonds. The van der Waals surface area contributed by atoms with Crippen LogP contribution >= 0.6 is 0 Å². The highest BCUT2D eigenvalue weighted by Crippen LogP contribution is 2.38. The van der Waals surface area contributed by atoms with Crippen molar-refractivity contribution >= 4 is 5.91 Å². The predicted molar refractivity (Wildman–Crippen MR) is 58.4 cm³/mol. The van der Waals surface area contributed by atoms with Gasteiger partial charge in [0.25, 0.3) is 0 Å². The van der Waals surface area contributed by atoms with Crippen LogP contribution in [0.4, 0.5) is 0 Å². The summed E-state index contributed by atoms with van der Waals surface area (Å²) in [5, 5.41) is 6.60. The van der Waals surface area contributed by atoms with E-state index in [0.717, 1.165) is 37.8 Å². The van der Waals surface area contributed by atoms with E-state index in [9.17, 15) is 4.79 Å². The van der Waals surface area contributed by atoms with E-state index in [1.807, 2.05) is 0 Å². The molecule has 2 aliphatic carbocycles. The topological polar surface area (TPSA) is 41.1 Å². The van der Waals surface area contributed by atoms with E-state index in [0.29, 0.717) is 17.9 Å². The van der Waals surface area contributed by atoms with E-state index < -0.39 is 0 Å². The first-order valence-electron chi connectivity index (χ1n) is 6.34. The van der Waals surface area contributed by atoms with Crippen LogP contribution in [0.1, 0.15) is 32.1 Å². The summed E-state index contributed by atoms with van der Waals surface area (Å²) in [6.45, 7) is 2.27. The lowest BCUT2D eigenvalue weighted by Gasteiger charge is -2.27. The Balaban J connectivity index is 1.52. The lowest BCUT2D eigenvalue weighted by Crippen LogP contribution is -2.42. The zero-order chi connectivity index (χ0) is 10.3. The van der Waals surface area contributed by atoms with Crippen LogP contribution in [0.2, 0.25) is 0 Å². The summed E-state index contributed by atoms with van der Waals surface area (Å²) in [6, 6.07) is 0.510. The van der Waals surface area contributed by atoms with Gasteiger partial charge in [0, 0.05) is 12.0 Å². The van der Waals surface area contributed by atoms with Gasteiger partial charge in [-0.1, -0.05) is 0 Å². The Kier molecular flexibility index (Phi) is 2.43. The molecule has 3 heteroatoms. The van der Waals surface area contributed by atoms with Gasteiger partial charge in [0.15, 0.2) is 0 Å². The fourth-order valence-electron chi connectivity index (χ4n) is 3.25. The molecule has 0 aromatic rings. The minimum Gasteiger partial charge on any atom is -0.353 e. The van der Waals surface area contributed by atoms with Crippen molar-refractivity contribution in [2.75, 3.05) is 13.1 Å². The summed E-state index contributed by atoms with van der Waals surface area (Å²) in [5.74, 6) is 2.22. The van der Waals surface area contributed by atoms with E-state index >= 15 is 0 Å². The van der Waals surface area contributed by atoms with Crippen LogP contribution in [-0.4, -0.2) is 25.0 Å². The first-order valence-corrected chi connectivity index (χ1v) is 6.34. The first kappa shape index (κ1) is 9.64. The number of rotatable bonds is 2. The largest absolute Gasteiger partial charge is 0.353 e. The third-order valence-corrected chi connectivity index (χ3v) is 4.48. The molecule has 0 spiro atoms. The molecule has 3 nitrogen and oxygen atoms in total. The smallest absolute Gasteiger partial charge is 0.223 e. The van der Waals surface area contributed by atoms with Gasteiger partial charge in [-0.15, -0.1) is 0 Å². The molecule has 1 unspecified atom stereocenters. The van der Waals surface area contributed by atoms with Gasteiger partial charge in [-0.2, -0.15) is 0 Å². The maximum Gasteiger partial charge on any atom is 0.223 e. The number of carbonyl (C=O) groups excluding carboxylic acids is 1. The zero-order valence-electron chi connectivity index (χ0n) is 9.17. The maximum atomic E-state index is 11.9.